The van der Waals surface area contributed by atoms with E-state index < -0.39 is 36.5 Å². The third kappa shape index (κ3) is 7.82. The van der Waals surface area contributed by atoms with Crippen LogP contribution in [-0.2, 0) is 25.5 Å². The number of ether oxygens (including phenoxy) is 1. The summed E-state index contributed by atoms with van der Waals surface area (Å²) in [4.78, 5) is 34.7. The highest BCUT2D eigenvalue weighted by atomic mass is 19.4. The monoisotopic (exact) mass is 372 g/mol. The summed E-state index contributed by atoms with van der Waals surface area (Å²) in [5.41, 5.74) is 0.545. The van der Waals surface area contributed by atoms with Gasteiger partial charge in [0.1, 0.15) is 12.6 Å². The number of carbonyl (C=O) groups excluding carboxylic acids is 3. The SMILES string of the molecule is C=CCCOC(=O)CNC(=O)[C@H](Cc1ccccc1)NC(=O)C(F)(F)F. The van der Waals surface area contributed by atoms with Crippen LogP contribution in [-0.4, -0.2) is 43.2 Å². The number of esters is 1. The van der Waals surface area contributed by atoms with Gasteiger partial charge in [-0.15, -0.1) is 6.58 Å². The minimum absolute atomic E-state index is 0.0798. The van der Waals surface area contributed by atoms with Gasteiger partial charge in [-0.05, 0) is 12.0 Å². The van der Waals surface area contributed by atoms with Crippen LogP contribution in [0, 0.1) is 0 Å². The van der Waals surface area contributed by atoms with Crippen molar-refractivity contribution in [2.45, 2.75) is 25.1 Å². The minimum atomic E-state index is -5.13. The summed E-state index contributed by atoms with van der Waals surface area (Å²) < 4.78 is 42.2. The second-order valence-electron chi connectivity index (χ2n) is 5.23. The van der Waals surface area contributed by atoms with Gasteiger partial charge in [0.25, 0.3) is 0 Å². The molecule has 0 aliphatic carbocycles. The van der Waals surface area contributed by atoms with Crippen molar-refractivity contribution in [3.05, 3.63) is 48.6 Å². The van der Waals surface area contributed by atoms with Gasteiger partial charge >= 0.3 is 18.1 Å². The van der Waals surface area contributed by atoms with Gasteiger partial charge in [-0.3, -0.25) is 14.4 Å². The average Bonchev–Trinajstić information content (AvgIpc) is 2.59. The zero-order chi connectivity index (χ0) is 19.6. The molecule has 26 heavy (non-hydrogen) atoms. The molecule has 2 amide bonds. The lowest BCUT2D eigenvalue weighted by Crippen LogP contribution is -2.52. The summed E-state index contributed by atoms with van der Waals surface area (Å²) in [6.45, 7) is 3.00. The van der Waals surface area contributed by atoms with Gasteiger partial charge in [0.15, 0.2) is 0 Å². The fourth-order valence-electron chi connectivity index (χ4n) is 1.89. The van der Waals surface area contributed by atoms with Crippen molar-refractivity contribution in [2.75, 3.05) is 13.2 Å². The molecule has 0 aromatic heterocycles. The number of benzene rings is 1. The topological polar surface area (TPSA) is 84.5 Å². The highest BCUT2D eigenvalue weighted by Crippen LogP contribution is 2.15. The Hall–Kier alpha value is -2.84. The first-order chi connectivity index (χ1) is 12.2. The molecule has 0 unspecified atom stereocenters. The summed E-state index contributed by atoms with van der Waals surface area (Å²) in [5, 5.41) is 3.81. The van der Waals surface area contributed by atoms with Gasteiger partial charge in [-0.2, -0.15) is 13.2 Å². The molecule has 0 aliphatic heterocycles. The van der Waals surface area contributed by atoms with Gasteiger partial charge in [0.2, 0.25) is 5.91 Å². The number of halogens is 3. The number of rotatable bonds is 9. The molecule has 1 aromatic carbocycles. The predicted molar refractivity (Wildman–Crippen MR) is 86.9 cm³/mol. The van der Waals surface area contributed by atoms with E-state index >= 15 is 0 Å². The molecule has 1 rings (SSSR count). The Morgan fingerprint density at radius 3 is 2.42 bits per heavy atom. The summed E-state index contributed by atoms with van der Waals surface area (Å²) in [6.07, 6.45) is -3.33. The van der Waals surface area contributed by atoms with E-state index in [1.165, 1.54) is 6.08 Å². The average molecular weight is 372 g/mol. The van der Waals surface area contributed by atoms with Crippen LogP contribution in [0.25, 0.3) is 0 Å². The van der Waals surface area contributed by atoms with Crippen molar-refractivity contribution in [1.82, 2.24) is 10.6 Å². The summed E-state index contributed by atoms with van der Waals surface area (Å²) in [6, 6.07) is 6.70. The normalized spacial score (nSPS) is 12.0. The van der Waals surface area contributed by atoms with E-state index in [2.05, 4.69) is 11.9 Å². The van der Waals surface area contributed by atoms with E-state index in [-0.39, 0.29) is 13.0 Å². The second kappa shape index (κ2) is 10.2. The van der Waals surface area contributed by atoms with Gasteiger partial charge in [0.05, 0.1) is 6.61 Å². The van der Waals surface area contributed by atoms with Crippen molar-refractivity contribution < 1.29 is 32.3 Å². The van der Waals surface area contributed by atoms with Crippen LogP contribution in [0.3, 0.4) is 0 Å². The molecule has 142 valence electrons. The van der Waals surface area contributed by atoms with Gasteiger partial charge < -0.3 is 15.4 Å². The van der Waals surface area contributed by atoms with Crippen LogP contribution < -0.4 is 10.6 Å². The third-order valence-electron chi connectivity index (χ3n) is 3.15. The molecule has 0 saturated heterocycles. The second-order valence-corrected chi connectivity index (χ2v) is 5.23. The lowest BCUT2D eigenvalue weighted by molar-refractivity contribution is -0.174. The Labute approximate surface area is 148 Å². The molecule has 0 radical (unpaired) electrons. The van der Waals surface area contributed by atoms with Crippen LogP contribution in [0.4, 0.5) is 13.2 Å². The molecule has 0 heterocycles. The Bertz CT molecular complexity index is 633. The smallest absolute Gasteiger partial charge is 0.464 e. The molecular weight excluding hydrogens is 353 g/mol. The van der Waals surface area contributed by atoms with Crippen LogP contribution >= 0.6 is 0 Å². The maximum Gasteiger partial charge on any atom is 0.471 e. The van der Waals surface area contributed by atoms with Crippen LogP contribution in [0.15, 0.2) is 43.0 Å². The Morgan fingerprint density at radius 2 is 1.85 bits per heavy atom. The molecule has 2 N–H and O–H groups in total. The number of hydrogen-bond acceptors (Lipinski definition) is 4. The first-order valence-electron chi connectivity index (χ1n) is 7.70. The highest BCUT2D eigenvalue weighted by Gasteiger charge is 2.40. The highest BCUT2D eigenvalue weighted by molar-refractivity contribution is 5.91. The van der Waals surface area contributed by atoms with Crippen molar-refractivity contribution in [3.63, 3.8) is 0 Å². The largest absolute Gasteiger partial charge is 0.471 e. The van der Waals surface area contributed by atoms with E-state index in [1.807, 2.05) is 0 Å². The number of nitrogens with one attached hydrogen (secondary N) is 2. The minimum Gasteiger partial charge on any atom is -0.464 e. The number of amides is 2. The van der Waals surface area contributed by atoms with Gasteiger partial charge in [-0.25, -0.2) is 0 Å². The molecule has 0 fully saturated rings. The Kier molecular flexibility index (Phi) is 8.33. The quantitative estimate of drug-likeness (QED) is 0.391. The van der Waals surface area contributed by atoms with Crippen molar-refractivity contribution in [2.24, 2.45) is 0 Å². The van der Waals surface area contributed by atoms with E-state index in [0.29, 0.717) is 12.0 Å². The first kappa shape index (κ1) is 21.2. The van der Waals surface area contributed by atoms with E-state index in [4.69, 9.17) is 4.74 Å². The van der Waals surface area contributed by atoms with Gasteiger partial charge in [-0.1, -0.05) is 36.4 Å². The van der Waals surface area contributed by atoms with Crippen LogP contribution in [0.1, 0.15) is 12.0 Å². The summed E-state index contributed by atoms with van der Waals surface area (Å²) in [7, 11) is 0. The van der Waals surface area contributed by atoms with Crippen LogP contribution in [0.5, 0.6) is 0 Å². The molecule has 0 bridgehead atoms. The van der Waals surface area contributed by atoms with E-state index in [9.17, 15) is 27.6 Å². The van der Waals surface area contributed by atoms with Crippen molar-refractivity contribution >= 4 is 17.8 Å². The number of carbonyl (C=O) groups is 3. The molecule has 1 aromatic rings. The van der Waals surface area contributed by atoms with E-state index in [1.54, 1.807) is 35.6 Å². The molecule has 0 spiro atoms. The Morgan fingerprint density at radius 1 is 1.19 bits per heavy atom. The molecule has 1 atom stereocenters. The number of hydrogen-bond donors (Lipinski definition) is 2. The predicted octanol–water partition coefficient (Wildman–Crippen LogP) is 1.51. The summed E-state index contributed by atoms with van der Waals surface area (Å²) in [5.74, 6) is -3.91. The maximum absolute atomic E-state index is 12.5. The molecule has 9 heteroatoms. The number of alkyl halides is 3. The zero-order valence-corrected chi connectivity index (χ0v) is 13.8. The fraction of sp³-hybridized carbons (Fsp3) is 0.353. The standard InChI is InChI=1S/C17H19F3N2O4/c1-2-3-9-26-14(23)11-21-15(24)13(22-16(25)17(18,19)20)10-12-7-5-4-6-8-12/h2,4-8,13H,1,3,9-11H2,(H,21,24)(H,22,25)/t13-/m0/s1. The lowest BCUT2D eigenvalue weighted by Gasteiger charge is -2.19. The molecule has 6 nitrogen and oxygen atoms in total. The molecule has 0 aliphatic rings. The molecular formula is C17H19F3N2O4. The maximum atomic E-state index is 12.5. The van der Waals surface area contributed by atoms with Crippen molar-refractivity contribution in [1.29, 1.82) is 0 Å². The Balaban J connectivity index is 2.70. The first-order valence-corrected chi connectivity index (χ1v) is 7.70. The zero-order valence-electron chi connectivity index (χ0n) is 13.8. The lowest BCUT2D eigenvalue weighted by atomic mass is 10.1. The van der Waals surface area contributed by atoms with Crippen LogP contribution in [0.2, 0.25) is 0 Å². The van der Waals surface area contributed by atoms with Crippen molar-refractivity contribution in [3.8, 4) is 0 Å². The summed E-state index contributed by atoms with van der Waals surface area (Å²) >= 11 is 0. The molecule has 0 saturated carbocycles. The van der Waals surface area contributed by atoms with E-state index in [0.717, 1.165) is 0 Å². The fourth-order valence-corrected chi connectivity index (χ4v) is 1.89. The van der Waals surface area contributed by atoms with Gasteiger partial charge in [0, 0.05) is 6.42 Å². The third-order valence-corrected chi connectivity index (χ3v) is 3.15.